The van der Waals surface area contributed by atoms with E-state index < -0.39 is 12.0 Å². The predicted molar refractivity (Wildman–Crippen MR) is 155 cm³/mol. The molecule has 0 fully saturated rings. The van der Waals surface area contributed by atoms with Crippen LogP contribution in [0.4, 0.5) is 5.95 Å². The number of carbonyl (C=O) groups is 1. The van der Waals surface area contributed by atoms with E-state index in [1.807, 2.05) is 45.9 Å². The smallest absolute Gasteiger partial charge is 0.338 e. The number of hydrogen-bond donors (Lipinski definition) is 1. The maximum absolute atomic E-state index is 13.3. The molecule has 1 unspecified atom stereocenters. The fourth-order valence-electron chi connectivity index (χ4n) is 4.41. The SMILES string of the molecule is CCSc1nc2n(n1)C(c1ccc(OCc3ccc(C(C)(C)C)cc3)c(OC)c1)C(C(=O)OC(C)C)=C(C)N2. The van der Waals surface area contributed by atoms with E-state index in [1.165, 1.54) is 5.56 Å². The summed E-state index contributed by atoms with van der Waals surface area (Å²) < 4.78 is 19.2. The minimum Gasteiger partial charge on any atom is -0.493 e. The lowest BCUT2D eigenvalue weighted by Gasteiger charge is -2.29. The maximum Gasteiger partial charge on any atom is 0.338 e. The van der Waals surface area contributed by atoms with Crippen molar-refractivity contribution in [2.45, 2.75) is 77.8 Å². The summed E-state index contributed by atoms with van der Waals surface area (Å²) in [7, 11) is 1.61. The van der Waals surface area contributed by atoms with Crippen LogP contribution in [0.25, 0.3) is 0 Å². The van der Waals surface area contributed by atoms with Crippen LogP contribution in [0.5, 0.6) is 11.5 Å². The van der Waals surface area contributed by atoms with Gasteiger partial charge in [0.15, 0.2) is 11.5 Å². The summed E-state index contributed by atoms with van der Waals surface area (Å²) in [5, 5.41) is 8.59. The second kappa shape index (κ2) is 11.7. The molecule has 9 heteroatoms. The lowest BCUT2D eigenvalue weighted by atomic mass is 9.87. The zero-order chi connectivity index (χ0) is 28.3. The van der Waals surface area contributed by atoms with Crippen molar-refractivity contribution >= 4 is 23.7 Å². The predicted octanol–water partition coefficient (Wildman–Crippen LogP) is 6.52. The summed E-state index contributed by atoms with van der Waals surface area (Å²) in [4.78, 5) is 17.9. The molecule has 0 radical (unpaired) electrons. The highest BCUT2D eigenvalue weighted by atomic mass is 32.2. The molecule has 1 aliphatic rings. The summed E-state index contributed by atoms with van der Waals surface area (Å²) in [5.41, 5.74) is 4.40. The molecule has 0 saturated heterocycles. The second-order valence-corrected chi connectivity index (χ2v) is 12.0. The summed E-state index contributed by atoms with van der Waals surface area (Å²) >= 11 is 1.54. The number of benzene rings is 2. The van der Waals surface area contributed by atoms with E-state index in [-0.39, 0.29) is 11.5 Å². The Morgan fingerprint density at radius 1 is 1.13 bits per heavy atom. The molecule has 4 rings (SSSR count). The lowest BCUT2D eigenvalue weighted by molar-refractivity contribution is -0.143. The number of fused-ring (bicyclic) bond motifs is 1. The second-order valence-electron chi connectivity index (χ2n) is 10.8. The largest absolute Gasteiger partial charge is 0.493 e. The minimum absolute atomic E-state index is 0.0975. The van der Waals surface area contributed by atoms with Gasteiger partial charge in [-0.15, -0.1) is 5.10 Å². The van der Waals surface area contributed by atoms with Crippen molar-refractivity contribution in [1.29, 1.82) is 0 Å². The molecule has 2 heterocycles. The van der Waals surface area contributed by atoms with Crippen molar-refractivity contribution in [3.8, 4) is 11.5 Å². The number of methoxy groups -OCH3 is 1. The van der Waals surface area contributed by atoms with Crippen molar-refractivity contribution in [1.82, 2.24) is 14.8 Å². The number of rotatable bonds is 9. The first-order chi connectivity index (χ1) is 18.5. The van der Waals surface area contributed by atoms with Crippen LogP contribution in [-0.2, 0) is 21.6 Å². The number of aromatic nitrogens is 3. The van der Waals surface area contributed by atoms with E-state index in [1.54, 1.807) is 23.6 Å². The van der Waals surface area contributed by atoms with Crippen LogP contribution >= 0.6 is 11.8 Å². The molecule has 1 N–H and O–H groups in total. The van der Waals surface area contributed by atoms with Gasteiger partial charge in [0.1, 0.15) is 12.6 Å². The van der Waals surface area contributed by atoms with Crippen LogP contribution in [0, 0.1) is 0 Å². The van der Waals surface area contributed by atoms with Crippen LogP contribution in [-0.4, -0.2) is 39.7 Å². The zero-order valence-electron chi connectivity index (χ0n) is 24.0. The van der Waals surface area contributed by atoms with Gasteiger partial charge >= 0.3 is 5.97 Å². The quantitative estimate of drug-likeness (QED) is 0.238. The maximum atomic E-state index is 13.3. The Bertz CT molecular complexity index is 1360. The molecule has 0 aliphatic carbocycles. The molecule has 208 valence electrons. The summed E-state index contributed by atoms with van der Waals surface area (Å²) in [6.45, 7) is 14.6. The molecule has 0 amide bonds. The molecule has 1 atom stereocenters. The highest BCUT2D eigenvalue weighted by molar-refractivity contribution is 7.99. The minimum atomic E-state index is -0.543. The number of nitrogens with one attached hydrogen (secondary N) is 1. The van der Waals surface area contributed by atoms with Gasteiger partial charge in [0.2, 0.25) is 11.1 Å². The zero-order valence-corrected chi connectivity index (χ0v) is 24.8. The van der Waals surface area contributed by atoms with Gasteiger partial charge in [-0.25, -0.2) is 9.48 Å². The Balaban J connectivity index is 1.66. The van der Waals surface area contributed by atoms with Gasteiger partial charge < -0.3 is 19.5 Å². The van der Waals surface area contributed by atoms with Gasteiger partial charge in [0.05, 0.1) is 18.8 Å². The van der Waals surface area contributed by atoms with E-state index in [4.69, 9.17) is 19.3 Å². The highest BCUT2D eigenvalue weighted by Crippen LogP contribution is 2.40. The monoisotopic (exact) mass is 550 g/mol. The van der Waals surface area contributed by atoms with Crippen LogP contribution in [0.15, 0.2) is 58.9 Å². The number of anilines is 1. The highest BCUT2D eigenvalue weighted by Gasteiger charge is 2.36. The number of thioether (sulfide) groups is 1. The first kappa shape index (κ1) is 28.5. The standard InChI is InChI=1S/C30H38N4O4S/c1-9-39-29-32-28-31-19(4)25(27(35)38-18(2)3)26(34(28)33-29)21-12-15-23(24(16-21)36-8)37-17-20-10-13-22(14-11-20)30(5,6)7/h10-16,18,26H,9,17H2,1-8H3,(H,31,32,33). The average Bonchev–Trinajstić information content (AvgIpc) is 3.27. The number of allylic oxidation sites excluding steroid dienone is 1. The normalized spacial score (nSPS) is 15.2. The van der Waals surface area contributed by atoms with E-state index in [0.29, 0.717) is 40.5 Å². The van der Waals surface area contributed by atoms with Gasteiger partial charge in [-0.3, -0.25) is 0 Å². The third-order valence-corrected chi connectivity index (χ3v) is 7.11. The van der Waals surface area contributed by atoms with E-state index in [0.717, 1.165) is 16.9 Å². The number of carbonyl (C=O) groups excluding carboxylic acids is 1. The molecule has 0 saturated carbocycles. The van der Waals surface area contributed by atoms with Gasteiger partial charge in [-0.2, -0.15) is 4.98 Å². The molecule has 39 heavy (non-hydrogen) atoms. The van der Waals surface area contributed by atoms with E-state index >= 15 is 0 Å². The Morgan fingerprint density at radius 3 is 2.46 bits per heavy atom. The first-order valence-electron chi connectivity index (χ1n) is 13.2. The summed E-state index contributed by atoms with van der Waals surface area (Å²) in [5.74, 6) is 2.19. The van der Waals surface area contributed by atoms with Gasteiger partial charge in [0, 0.05) is 5.70 Å². The van der Waals surface area contributed by atoms with E-state index in [9.17, 15) is 4.79 Å². The average molecular weight is 551 g/mol. The van der Waals surface area contributed by atoms with Gasteiger partial charge in [-0.1, -0.05) is 69.8 Å². The number of ether oxygens (including phenoxy) is 3. The molecular weight excluding hydrogens is 512 g/mol. The van der Waals surface area contributed by atoms with Crippen molar-refractivity contribution in [2.75, 3.05) is 18.2 Å². The molecule has 0 bridgehead atoms. The topological polar surface area (TPSA) is 87.5 Å². The van der Waals surface area contributed by atoms with Crippen molar-refractivity contribution in [2.24, 2.45) is 0 Å². The van der Waals surface area contributed by atoms with Gasteiger partial charge in [-0.05, 0) is 60.8 Å². The summed E-state index contributed by atoms with van der Waals surface area (Å²) in [6, 6.07) is 13.6. The molecule has 0 spiro atoms. The molecule has 2 aromatic carbocycles. The molecule has 8 nitrogen and oxygen atoms in total. The fraction of sp³-hybridized carbons (Fsp3) is 0.433. The molecule has 3 aromatic rings. The third-order valence-electron chi connectivity index (χ3n) is 6.39. The van der Waals surface area contributed by atoms with Crippen LogP contribution in [0.3, 0.4) is 0 Å². The lowest BCUT2D eigenvalue weighted by Crippen LogP contribution is -2.30. The number of hydrogen-bond acceptors (Lipinski definition) is 8. The first-order valence-corrected chi connectivity index (χ1v) is 14.2. The van der Waals surface area contributed by atoms with Crippen LogP contribution in [0.1, 0.15) is 71.2 Å². The molecular formula is C30H38N4O4S. The number of esters is 1. The van der Waals surface area contributed by atoms with Crippen molar-refractivity contribution in [3.05, 3.63) is 70.4 Å². The Morgan fingerprint density at radius 2 is 1.85 bits per heavy atom. The van der Waals surface area contributed by atoms with Crippen LogP contribution in [0.2, 0.25) is 0 Å². The molecule has 1 aromatic heterocycles. The third kappa shape index (κ3) is 6.41. The Hall–Kier alpha value is -3.46. The van der Waals surface area contributed by atoms with E-state index in [2.05, 4.69) is 55.3 Å². The van der Waals surface area contributed by atoms with Crippen molar-refractivity contribution in [3.63, 3.8) is 0 Å². The van der Waals surface area contributed by atoms with Crippen molar-refractivity contribution < 1.29 is 19.0 Å². The summed E-state index contributed by atoms with van der Waals surface area (Å²) in [6.07, 6.45) is -0.260. The fourth-order valence-corrected chi connectivity index (χ4v) is 4.96. The Kier molecular flexibility index (Phi) is 8.59. The van der Waals surface area contributed by atoms with Gasteiger partial charge in [0.25, 0.3) is 0 Å². The number of nitrogens with zero attached hydrogens (tertiary/aromatic N) is 3. The molecule has 1 aliphatic heterocycles. The Labute approximate surface area is 235 Å². The van der Waals surface area contributed by atoms with Crippen LogP contribution < -0.4 is 14.8 Å².